The van der Waals surface area contributed by atoms with Crippen molar-refractivity contribution in [3.05, 3.63) is 70.3 Å². The third kappa shape index (κ3) is 3.61. The first-order valence-electron chi connectivity index (χ1n) is 10.9. The molecule has 8 heteroatoms. The standard InChI is InChI=1S/C24H24N4O4/c29-21-8-7-20(22(30)27-21)28-23(31)17-6-5-14(11-18(17)24(28)32)12-25-13-19-16-4-2-1-3-15(16)9-10-26-19/h1-6,11,19-20,25-26H,7-10,12-13H2,(H,27,29,30). The fourth-order valence-corrected chi connectivity index (χ4v) is 4.76. The fourth-order valence-electron chi connectivity index (χ4n) is 4.76. The lowest BCUT2D eigenvalue weighted by molar-refractivity contribution is -0.136. The van der Waals surface area contributed by atoms with Gasteiger partial charge < -0.3 is 10.6 Å². The molecular weight excluding hydrogens is 408 g/mol. The largest absolute Gasteiger partial charge is 0.311 e. The molecule has 2 aromatic carbocycles. The second kappa shape index (κ2) is 8.29. The highest BCUT2D eigenvalue weighted by atomic mass is 16.2. The smallest absolute Gasteiger partial charge is 0.262 e. The molecule has 2 aromatic rings. The number of imide groups is 2. The van der Waals surface area contributed by atoms with E-state index in [2.05, 4.69) is 40.2 Å². The molecule has 0 saturated carbocycles. The zero-order valence-corrected chi connectivity index (χ0v) is 17.5. The van der Waals surface area contributed by atoms with Gasteiger partial charge in [0.05, 0.1) is 11.1 Å². The molecule has 164 valence electrons. The lowest BCUT2D eigenvalue weighted by Crippen LogP contribution is -2.54. The number of nitrogens with zero attached hydrogens (tertiary/aromatic N) is 1. The highest BCUT2D eigenvalue weighted by molar-refractivity contribution is 6.23. The van der Waals surface area contributed by atoms with E-state index in [0.29, 0.717) is 17.7 Å². The van der Waals surface area contributed by atoms with Crippen LogP contribution in [0.15, 0.2) is 42.5 Å². The molecule has 0 bridgehead atoms. The zero-order chi connectivity index (χ0) is 22.2. The van der Waals surface area contributed by atoms with E-state index in [-0.39, 0.29) is 24.8 Å². The van der Waals surface area contributed by atoms with Crippen LogP contribution in [0.25, 0.3) is 0 Å². The van der Waals surface area contributed by atoms with Gasteiger partial charge in [0.2, 0.25) is 11.8 Å². The number of nitrogens with one attached hydrogen (secondary N) is 3. The van der Waals surface area contributed by atoms with Gasteiger partial charge in [-0.15, -0.1) is 0 Å². The monoisotopic (exact) mass is 432 g/mol. The summed E-state index contributed by atoms with van der Waals surface area (Å²) in [6.07, 6.45) is 1.29. The molecule has 2 atom stereocenters. The van der Waals surface area contributed by atoms with Crippen molar-refractivity contribution < 1.29 is 19.2 Å². The molecule has 4 amide bonds. The number of amides is 4. The average Bonchev–Trinajstić information content (AvgIpc) is 3.04. The van der Waals surface area contributed by atoms with E-state index in [4.69, 9.17) is 0 Å². The quantitative estimate of drug-likeness (QED) is 0.610. The topological polar surface area (TPSA) is 108 Å². The van der Waals surface area contributed by atoms with E-state index < -0.39 is 23.8 Å². The van der Waals surface area contributed by atoms with Gasteiger partial charge in [-0.3, -0.25) is 29.4 Å². The van der Waals surface area contributed by atoms with Crippen LogP contribution >= 0.6 is 0 Å². The number of carbonyl (C=O) groups excluding carboxylic acids is 4. The van der Waals surface area contributed by atoms with E-state index in [1.807, 2.05) is 6.07 Å². The number of piperidine rings is 1. The minimum Gasteiger partial charge on any atom is -0.311 e. The molecule has 3 aliphatic heterocycles. The molecule has 5 rings (SSSR count). The summed E-state index contributed by atoms with van der Waals surface area (Å²) in [5.74, 6) is -1.95. The Hall–Kier alpha value is -3.36. The Kier molecular flexibility index (Phi) is 5.32. The molecule has 3 heterocycles. The van der Waals surface area contributed by atoms with Crippen molar-refractivity contribution in [2.24, 2.45) is 0 Å². The maximum Gasteiger partial charge on any atom is 0.262 e. The molecule has 0 radical (unpaired) electrons. The number of rotatable bonds is 5. The summed E-state index contributed by atoms with van der Waals surface area (Å²) in [6, 6.07) is 12.9. The SMILES string of the molecule is O=C1CCC(N2C(=O)c3ccc(CNCC4NCCc5ccccc54)cc3C2=O)C(=O)N1. The van der Waals surface area contributed by atoms with Crippen molar-refractivity contribution in [1.29, 1.82) is 0 Å². The number of fused-ring (bicyclic) bond motifs is 2. The third-order valence-electron chi connectivity index (χ3n) is 6.40. The molecule has 1 fully saturated rings. The molecule has 2 unspecified atom stereocenters. The summed E-state index contributed by atoms with van der Waals surface area (Å²) >= 11 is 0. The van der Waals surface area contributed by atoms with Gasteiger partial charge in [-0.05, 0) is 48.2 Å². The predicted molar refractivity (Wildman–Crippen MR) is 116 cm³/mol. The Morgan fingerprint density at radius 3 is 2.62 bits per heavy atom. The zero-order valence-electron chi connectivity index (χ0n) is 17.5. The van der Waals surface area contributed by atoms with Gasteiger partial charge >= 0.3 is 0 Å². The Labute approximate surface area is 185 Å². The minimum atomic E-state index is -0.945. The summed E-state index contributed by atoms with van der Waals surface area (Å²) < 4.78 is 0. The molecule has 3 N–H and O–H groups in total. The predicted octanol–water partition coefficient (Wildman–Crippen LogP) is 1.06. The van der Waals surface area contributed by atoms with Crippen LogP contribution in [0.5, 0.6) is 0 Å². The number of benzene rings is 2. The fraction of sp³-hybridized carbons (Fsp3) is 0.333. The minimum absolute atomic E-state index is 0.108. The van der Waals surface area contributed by atoms with Crippen molar-refractivity contribution >= 4 is 23.6 Å². The van der Waals surface area contributed by atoms with Crippen molar-refractivity contribution in [3.63, 3.8) is 0 Å². The summed E-state index contributed by atoms with van der Waals surface area (Å²) in [6.45, 7) is 2.23. The van der Waals surface area contributed by atoms with Crippen molar-refractivity contribution in [2.75, 3.05) is 13.1 Å². The van der Waals surface area contributed by atoms with Gasteiger partial charge in [0.25, 0.3) is 11.8 Å². The van der Waals surface area contributed by atoms with Crippen LogP contribution in [0, 0.1) is 0 Å². The molecule has 0 aromatic heterocycles. The van der Waals surface area contributed by atoms with Gasteiger partial charge in [0.1, 0.15) is 6.04 Å². The average molecular weight is 432 g/mol. The third-order valence-corrected chi connectivity index (χ3v) is 6.40. The Balaban J connectivity index is 1.26. The summed E-state index contributed by atoms with van der Waals surface area (Å²) in [5.41, 5.74) is 4.17. The molecule has 8 nitrogen and oxygen atoms in total. The van der Waals surface area contributed by atoms with E-state index in [9.17, 15) is 19.2 Å². The lowest BCUT2D eigenvalue weighted by Gasteiger charge is -2.27. The molecule has 3 aliphatic rings. The molecular formula is C24H24N4O4. The number of hydrogen-bond donors (Lipinski definition) is 3. The second-order valence-corrected chi connectivity index (χ2v) is 8.41. The molecule has 0 aliphatic carbocycles. The number of carbonyl (C=O) groups is 4. The van der Waals surface area contributed by atoms with Gasteiger partial charge in [-0.2, -0.15) is 0 Å². The molecule has 1 saturated heterocycles. The summed E-state index contributed by atoms with van der Waals surface area (Å²) in [4.78, 5) is 50.3. The van der Waals surface area contributed by atoms with Crippen LogP contribution in [0.3, 0.4) is 0 Å². The first kappa shape index (κ1) is 20.5. The summed E-state index contributed by atoms with van der Waals surface area (Å²) in [7, 11) is 0. The maximum absolute atomic E-state index is 13.0. The van der Waals surface area contributed by atoms with Crippen LogP contribution < -0.4 is 16.0 Å². The Morgan fingerprint density at radius 1 is 0.969 bits per heavy atom. The van der Waals surface area contributed by atoms with E-state index in [1.54, 1.807) is 12.1 Å². The van der Waals surface area contributed by atoms with Crippen LogP contribution in [-0.4, -0.2) is 47.7 Å². The lowest BCUT2D eigenvalue weighted by atomic mass is 9.94. The van der Waals surface area contributed by atoms with E-state index >= 15 is 0 Å². The highest BCUT2D eigenvalue weighted by Gasteiger charge is 2.44. The van der Waals surface area contributed by atoms with Crippen molar-refractivity contribution in [2.45, 2.75) is 37.9 Å². The first-order valence-corrected chi connectivity index (χ1v) is 10.9. The van der Waals surface area contributed by atoms with Gasteiger partial charge in [-0.1, -0.05) is 30.3 Å². The van der Waals surface area contributed by atoms with Crippen LogP contribution in [-0.2, 0) is 22.6 Å². The highest BCUT2D eigenvalue weighted by Crippen LogP contribution is 2.28. The van der Waals surface area contributed by atoms with Crippen LogP contribution in [0.1, 0.15) is 56.3 Å². The van der Waals surface area contributed by atoms with Gasteiger partial charge in [0, 0.05) is 25.6 Å². The van der Waals surface area contributed by atoms with Gasteiger partial charge in [0.15, 0.2) is 0 Å². The van der Waals surface area contributed by atoms with Crippen molar-refractivity contribution in [3.8, 4) is 0 Å². The van der Waals surface area contributed by atoms with E-state index in [1.165, 1.54) is 11.1 Å². The normalized spacial score (nSPS) is 22.6. The molecule has 0 spiro atoms. The van der Waals surface area contributed by atoms with Crippen LogP contribution in [0.2, 0.25) is 0 Å². The van der Waals surface area contributed by atoms with E-state index in [0.717, 1.165) is 30.0 Å². The Bertz CT molecular complexity index is 1130. The van der Waals surface area contributed by atoms with Crippen molar-refractivity contribution in [1.82, 2.24) is 20.9 Å². The number of hydrogen-bond acceptors (Lipinski definition) is 6. The second-order valence-electron chi connectivity index (χ2n) is 8.41. The molecule has 32 heavy (non-hydrogen) atoms. The maximum atomic E-state index is 13.0. The first-order chi connectivity index (χ1) is 15.5. The van der Waals surface area contributed by atoms with Gasteiger partial charge in [-0.25, -0.2) is 0 Å². The Morgan fingerprint density at radius 2 is 1.78 bits per heavy atom. The van der Waals surface area contributed by atoms with Crippen LogP contribution in [0.4, 0.5) is 0 Å². The summed E-state index contributed by atoms with van der Waals surface area (Å²) in [5, 5.41) is 9.19.